The fourth-order valence-corrected chi connectivity index (χ4v) is 1.59. The number of rotatable bonds is 9. The van der Waals surface area contributed by atoms with Gasteiger partial charge in [-0.25, -0.2) is 9.37 Å². The minimum Gasteiger partial charge on any atom is -0.475 e. The van der Waals surface area contributed by atoms with Gasteiger partial charge in [-0.3, -0.25) is 0 Å². The predicted molar refractivity (Wildman–Crippen MR) is 77.4 cm³/mol. The van der Waals surface area contributed by atoms with Crippen LogP contribution in [-0.4, -0.2) is 30.8 Å². The van der Waals surface area contributed by atoms with E-state index in [0.717, 1.165) is 13.0 Å². The maximum absolute atomic E-state index is 14.1. The molecule has 1 aromatic rings. The van der Waals surface area contributed by atoms with Crippen LogP contribution in [0.2, 0.25) is 0 Å². The number of methoxy groups -OCH3 is 1. The molecule has 0 aliphatic heterocycles. The third-order valence-corrected chi connectivity index (χ3v) is 3.17. The molecule has 20 heavy (non-hydrogen) atoms. The van der Waals surface area contributed by atoms with Gasteiger partial charge in [-0.1, -0.05) is 6.92 Å². The van der Waals surface area contributed by atoms with Crippen molar-refractivity contribution >= 4 is 0 Å². The highest BCUT2D eigenvalue weighted by atomic mass is 19.1. The van der Waals surface area contributed by atoms with Crippen LogP contribution >= 0.6 is 0 Å². The van der Waals surface area contributed by atoms with Crippen molar-refractivity contribution in [1.29, 1.82) is 0 Å². The van der Waals surface area contributed by atoms with Crippen LogP contribution in [-0.2, 0) is 11.3 Å². The van der Waals surface area contributed by atoms with Crippen molar-refractivity contribution in [1.82, 2.24) is 10.3 Å². The van der Waals surface area contributed by atoms with E-state index in [1.165, 1.54) is 0 Å². The van der Waals surface area contributed by atoms with Gasteiger partial charge >= 0.3 is 0 Å². The number of hydrogen-bond acceptors (Lipinski definition) is 4. The second kappa shape index (κ2) is 8.17. The van der Waals surface area contributed by atoms with E-state index in [1.54, 1.807) is 19.4 Å². The van der Waals surface area contributed by atoms with E-state index < -0.39 is 0 Å². The number of ether oxygens (including phenoxy) is 2. The lowest BCUT2D eigenvalue weighted by Crippen LogP contribution is -2.25. The monoisotopic (exact) mass is 284 g/mol. The number of nitrogens with one attached hydrogen (secondary N) is 1. The third-order valence-electron chi connectivity index (χ3n) is 3.17. The number of hydrogen-bond donors (Lipinski definition) is 1. The molecule has 0 atom stereocenters. The molecule has 0 amide bonds. The molecule has 0 bridgehead atoms. The first-order valence-electron chi connectivity index (χ1n) is 7.02. The molecule has 0 spiro atoms. The fraction of sp³-hybridized carbons (Fsp3) is 0.667. The standard InChI is InChI=1S/C15H25FN2O2/c1-5-8-17-11-12-6-9-18-14(13(12)16)20-10-7-15(2,3)19-4/h6,9,17H,5,7-8,10-11H2,1-4H3. The molecule has 4 nitrogen and oxygen atoms in total. The molecule has 5 heteroatoms. The summed E-state index contributed by atoms with van der Waals surface area (Å²) >= 11 is 0. The van der Waals surface area contributed by atoms with Gasteiger partial charge < -0.3 is 14.8 Å². The summed E-state index contributed by atoms with van der Waals surface area (Å²) < 4.78 is 24.9. The molecule has 0 saturated heterocycles. The molecule has 0 radical (unpaired) electrons. The Morgan fingerprint density at radius 1 is 1.40 bits per heavy atom. The number of nitrogens with zero attached hydrogens (tertiary/aromatic N) is 1. The molecule has 0 aliphatic rings. The van der Waals surface area contributed by atoms with Crippen molar-refractivity contribution in [3.05, 3.63) is 23.6 Å². The lowest BCUT2D eigenvalue weighted by molar-refractivity contribution is 0.00471. The zero-order valence-electron chi connectivity index (χ0n) is 12.8. The Bertz CT molecular complexity index is 411. The number of halogens is 1. The highest BCUT2D eigenvalue weighted by Crippen LogP contribution is 2.19. The molecule has 0 fully saturated rings. The smallest absolute Gasteiger partial charge is 0.250 e. The minimum atomic E-state index is -0.383. The summed E-state index contributed by atoms with van der Waals surface area (Å²) in [6, 6.07) is 1.67. The van der Waals surface area contributed by atoms with Crippen molar-refractivity contribution in [3.63, 3.8) is 0 Å². The van der Waals surface area contributed by atoms with Gasteiger partial charge in [0.05, 0.1) is 12.2 Å². The molecular weight excluding hydrogens is 259 g/mol. The highest BCUT2D eigenvalue weighted by molar-refractivity contribution is 5.23. The molecule has 114 valence electrons. The van der Waals surface area contributed by atoms with Crippen LogP contribution in [0, 0.1) is 5.82 Å². The Balaban J connectivity index is 2.56. The lowest BCUT2D eigenvalue weighted by Gasteiger charge is -2.22. The van der Waals surface area contributed by atoms with Crippen LogP contribution in [0.3, 0.4) is 0 Å². The van der Waals surface area contributed by atoms with Crippen LogP contribution in [0.15, 0.2) is 12.3 Å². The first kappa shape index (κ1) is 16.9. The van der Waals surface area contributed by atoms with Gasteiger partial charge in [0.1, 0.15) is 0 Å². The van der Waals surface area contributed by atoms with Gasteiger partial charge in [0.25, 0.3) is 5.88 Å². The van der Waals surface area contributed by atoms with Gasteiger partial charge in [-0.05, 0) is 32.9 Å². The molecule has 1 heterocycles. The van der Waals surface area contributed by atoms with Gasteiger partial charge in [-0.2, -0.15) is 0 Å². The molecule has 0 aliphatic carbocycles. The Kier molecular flexibility index (Phi) is 6.88. The van der Waals surface area contributed by atoms with Crippen molar-refractivity contribution in [2.45, 2.75) is 45.8 Å². The summed E-state index contributed by atoms with van der Waals surface area (Å²) in [6.07, 6.45) is 3.26. The van der Waals surface area contributed by atoms with E-state index in [1.807, 2.05) is 13.8 Å². The second-order valence-electron chi connectivity index (χ2n) is 5.33. The Hall–Kier alpha value is -1.20. The fourth-order valence-electron chi connectivity index (χ4n) is 1.59. The zero-order valence-corrected chi connectivity index (χ0v) is 12.8. The minimum absolute atomic E-state index is 0.0627. The number of aromatic nitrogens is 1. The second-order valence-corrected chi connectivity index (χ2v) is 5.33. The van der Waals surface area contributed by atoms with E-state index >= 15 is 0 Å². The zero-order chi connectivity index (χ0) is 15.0. The van der Waals surface area contributed by atoms with E-state index in [4.69, 9.17) is 9.47 Å². The van der Waals surface area contributed by atoms with Crippen LogP contribution in [0.1, 0.15) is 39.2 Å². The molecule has 1 N–H and O–H groups in total. The quantitative estimate of drug-likeness (QED) is 0.708. The topological polar surface area (TPSA) is 43.4 Å². The number of pyridine rings is 1. The van der Waals surface area contributed by atoms with Crippen molar-refractivity contribution in [2.24, 2.45) is 0 Å². The average Bonchev–Trinajstić information content (AvgIpc) is 2.42. The Morgan fingerprint density at radius 3 is 2.80 bits per heavy atom. The summed E-state index contributed by atoms with van der Waals surface area (Å²) in [4.78, 5) is 3.95. The summed E-state index contributed by atoms with van der Waals surface area (Å²) in [7, 11) is 1.65. The molecular formula is C15H25FN2O2. The van der Waals surface area contributed by atoms with Crippen LogP contribution < -0.4 is 10.1 Å². The maximum atomic E-state index is 14.1. The molecule has 1 aromatic heterocycles. The Morgan fingerprint density at radius 2 is 2.15 bits per heavy atom. The van der Waals surface area contributed by atoms with Crippen molar-refractivity contribution < 1.29 is 13.9 Å². The van der Waals surface area contributed by atoms with Gasteiger partial charge in [0.15, 0.2) is 5.82 Å². The van der Waals surface area contributed by atoms with Crippen molar-refractivity contribution in [2.75, 3.05) is 20.3 Å². The first-order chi connectivity index (χ1) is 9.50. The predicted octanol–water partition coefficient (Wildman–Crippen LogP) is 2.91. The molecule has 0 saturated carbocycles. The van der Waals surface area contributed by atoms with E-state index in [-0.39, 0.29) is 17.3 Å². The molecule has 0 aromatic carbocycles. The van der Waals surface area contributed by atoms with Crippen LogP contribution in [0.5, 0.6) is 5.88 Å². The van der Waals surface area contributed by atoms with E-state index in [9.17, 15) is 4.39 Å². The first-order valence-corrected chi connectivity index (χ1v) is 7.02. The normalized spacial score (nSPS) is 11.7. The van der Waals surface area contributed by atoms with Gasteiger partial charge in [-0.15, -0.1) is 0 Å². The molecule has 0 unspecified atom stereocenters. The highest BCUT2D eigenvalue weighted by Gasteiger charge is 2.17. The summed E-state index contributed by atoms with van der Waals surface area (Å²) in [5, 5.41) is 3.17. The maximum Gasteiger partial charge on any atom is 0.250 e. The average molecular weight is 284 g/mol. The Labute approximate surface area is 120 Å². The third kappa shape index (κ3) is 5.43. The lowest BCUT2D eigenvalue weighted by atomic mass is 10.1. The van der Waals surface area contributed by atoms with Gasteiger partial charge in [0, 0.05) is 31.8 Å². The molecule has 1 rings (SSSR count). The van der Waals surface area contributed by atoms with Crippen molar-refractivity contribution in [3.8, 4) is 5.88 Å². The van der Waals surface area contributed by atoms with E-state index in [0.29, 0.717) is 25.1 Å². The summed E-state index contributed by atoms with van der Waals surface area (Å²) in [5.74, 6) is -0.320. The van der Waals surface area contributed by atoms with E-state index in [2.05, 4.69) is 17.2 Å². The van der Waals surface area contributed by atoms with Crippen LogP contribution in [0.4, 0.5) is 4.39 Å². The SMILES string of the molecule is CCCNCc1ccnc(OCCC(C)(C)OC)c1F. The summed E-state index contributed by atoms with van der Waals surface area (Å²) in [6.45, 7) is 7.72. The van der Waals surface area contributed by atoms with Gasteiger partial charge in [0.2, 0.25) is 0 Å². The summed E-state index contributed by atoms with van der Waals surface area (Å²) in [5.41, 5.74) is 0.297. The van der Waals surface area contributed by atoms with Crippen LogP contribution in [0.25, 0.3) is 0 Å². The largest absolute Gasteiger partial charge is 0.475 e.